The van der Waals surface area contributed by atoms with Gasteiger partial charge in [0.15, 0.2) is 5.96 Å². The Morgan fingerprint density at radius 3 is 2.79 bits per heavy atom. The SMILES string of the molecule is CCNC(=NCc1ccccc1OC(F)F)NCCOCC1CC1. The van der Waals surface area contributed by atoms with Gasteiger partial charge in [-0.2, -0.15) is 8.78 Å². The number of alkyl halides is 2. The minimum absolute atomic E-state index is 0.153. The molecular formula is C17H25F2N3O2. The molecule has 5 nitrogen and oxygen atoms in total. The predicted molar refractivity (Wildman–Crippen MR) is 89.4 cm³/mol. The third-order valence-corrected chi connectivity index (χ3v) is 3.53. The molecule has 0 radical (unpaired) electrons. The van der Waals surface area contributed by atoms with E-state index in [1.807, 2.05) is 6.92 Å². The van der Waals surface area contributed by atoms with E-state index in [1.165, 1.54) is 18.9 Å². The Morgan fingerprint density at radius 1 is 1.29 bits per heavy atom. The second-order valence-electron chi connectivity index (χ2n) is 5.63. The number of nitrogens with zero attached hydrogens (tertiary/aromatic N) is 1. The lowest BCUT2D eigenvalue weighted by molar-refractivity contribution is -0.0504. The van der Waals surface area contributed by atoms with Gasteiger partial charge >= 0.3 is 6.61 Å². The molecule has 1 aliphatic carbocycles. The van der Waals surface area contributed by atoms with Crippen molar-refractivity contribution in [1.29, 1.82) is 0 Å². The Bertz CT molecular complexity index is 522. The maximum atomic E-state index is 12.4. The number of hydrogen-bond donors (Lipinski definition) is 2. The van der Waals surface area contributed by atoms with E-state index < -0.39 is 6.61 Å². The van der Waals surface area contributed by atoms with Gasteiger partial charge in [0.25, 0.3) is 0 Å². The number of hydrogen-bond acceptors (Lipinski definition) is 3. The lowest BCUT2D eigenvalue weighted by Gasteiger charge is -2.13. The molecular weight excluding hydrogens is 316 g/mol. The summed E-state index contributed by atoms with van der Waals surface area (Å²) in [4.78, 5) is 4.41. The van der Waals surface area contributed by atoms with Crippen LogP contribution in [0.4, 0.5) is 8.78 Å². The van der Waals surface area contributed by atoms with Crippen molar-refractivity contribution in [3.8, 4) is 5.75 Å². The van der Waals surface area contributed by atoms with Gasteiger partial charge in [-0.05, 0) is 31.7 Å². The van der Waals surface area contributed by atoms with Crippen molar-refractivity contribution >= 4 is 5.96 Å². The summed E-state index contributed by atoms with van der Waals surface area (Å²) in [5, 5.41) is 6.29. The zero-order valence-corrected chi connectivity index (χ0v) is 13.9. The summed E-state index contributed by atoms with van der Waals surface area (Å²) in [6, 6.07) is 6.67. The lowest BCUT2D eigenvalue weighted by atomic mass is 10.2. The van der Waals surface area contributed by atoms with E-state index in [0.717, 1.165) is 12.5 Å². The van der Waals surface area contributed by atoms with Crippen LogP contribution in [0.1, 0.15) is 25.3 Å². The first kappa shape index (κ1) is 18.4. The van der Waals surface area contributed by atoms with Gasteiger partial charge in [0.05, 0.1) is 13.2 Å². The Balaban J connectivity index is 1.82. The number of rotatable bonds is 10. The number of para-hydroxylation sites is 1. The van der Waals surface area contributed by atoms with Gasteiger partial charge in [0.1, 0.15) is 5.75 Å². The molecule has 0 bridgehead atoms. The Labute approximate surface area is 141 Å². The summed E-state index contributed by atoms with van der Waals surface area (Å²) in [5.41, 5.74) is 0.611. The smallest absolute Gasteiger partial charge is 0.387 e. The van der Waals surface area contributed by atoms with Crippen LogP contribution in [0.15, 0.2) is 29.3 Å². The summed E-state index contributed by atoms with van der Waals surface area (Å²) < 4.78 is 34.9. The zero-order valence-electron chi connectivity index (χ0n) is 13.9. The number of guanidine groups is 1. The molecule has 0 spiro atoms. The van der Waals surface area contributed by atoms with Gasteiger partial charge in [0.2, 0.25) is 0 Å². The van der Waals surface area contributed by atoms with Crippen molar-refractivity contribution < 1.29 is 18.3 Å². The highest BCUT2D eigenvalue weighted by atomic mass is 19.3. The Morgan fingerprint density at radius 2 is 2.08 bits per heavy atom. The first-order valence-electron chi connectivity index (χ1n) is 8.31. The standard InChI is InChI=1S/C17H25F2N3O2/c1-2-20-17(21-9-10-23-12-13-7-8-13)22-11-14-5-3-4-6-15(14)24-16(18)19/h3-6,13,16H,2,7-12H2,1H3,(H2,20,21,22). The van der Waals surface area contributed by atoms with Crippen molar-refractivity contribution in [2.45, 2.75) is 32.9 Å². The van der Waals surface area contributed by atoms with E-state index in [4.69, 9.17) is 4.74 Å². The van der Waals surface area contributed by atoms with Crippen molar-refractivity contribution in [3.63, 3.8) is 0 Å². The number of benzene rings is 1. The van der Waals surface area contributed by atoms with Crippen molar-refractivity contribution in [2.24, 2.45) is 10.9 Å². The van der Waals surface area contributed by atoms with E-state index in [9.17, 15) is 8.78 Å². The number of nitrogens with one attached hydrogen (secondary N) is 2. The highest BCUT2D eigenvalue weighted by Gasteiger charge is 2.20. The maximum Gasteiger partial charge on any atom is 0.387 e. The van der Waals surface area contributed by atoms with Crippen LogP contribution in [-0.2, 0) is 11.3 Å². The molecule has 1 saturated carbocycles. The number of ether oxygens (including phenoxy) is 2. The fourth-order valence-electron chi connectivity index (χ4n) is 2.13. The minimum Gasteiger partial charge on any atom is -0.434 e. The van der Waals surface area contributed by atoms with E-state index in [0.29, 0.717) is 31.2 Å². The molecule has 1 aromatic carbocycles. The molecule has 2 rings (SSSR count). The molecule has 1 aromatic rings. The maximum absolute atomic E-state index is 12.4. The minimum atomic E-state index is -2.84. The summed E-state index contributed by atoms with van der Waals surface area (Å²) in [5.74, 6) is 1.53. The summed E-state index contributed by atoms with van der Waals surface area (Å²) >= 11 is 0. The molecule has 1 aliphatic rings. The van der Waals surface area contributed by atoms with Crippen LogP contribution in [0.2, 0.25) is 0 Å². The van der Waals surface area contributed by atoms with E-state index in [1.54, 1.807) is 18.2 Å². The van der Waals surface area contributed by atoms with Crippen molar-refractivity contribution in [2.75, 3.05) is 26.3 Å². The molecule has 0 saturated heterocycles. The molecule has 0 aromatic heterocycles. The van der Waals surface area contributed by atoms with Crippen LogP contribution in [0.25, 0.3) is 0 Å². The molecule has 0 amide bonds. The summed E-state index contributed by atoms with van der Waals surface area (Å²) in [7, 11) is 0. The van der Waals surface area contributed by atoms with E-state index >= 15 is 0 Å². The quantitative estimate of drug-likeness (QED) is 0.390. The molecule has 134 valence electrons. The summed E-state index contributed by atoms with van der Waals surface area (Å²) in [6.45, 7) is 2.18. The van der Waals surface area contributed by atoms with Crippen LogP contribution in [0, 0.1) is 5.92 Å². The molecule has 1 fully saturated rings. The van der Waals surface area contributed by atoms with Crippen LogP contribution >= 0.6 is 0 Å². The van der Waals surface area contributed by atoms with Gasteiger partial charge in [-0.15, -0.1) is 0 Å². The van der Waals surface area contributed by atoms with Gasteiger partial charge in [-0.25, -0.2) is 4.99 Å². The largest absolute Gasteiger partial charge is 0.434 e. The van der Waals surface area contributed by atoms with Crippen LogP contribution < -0.4 is 15.4 Å². The number of aliphatic imine (C=N–C) groups is 1. The highest BCUT2D eigenvalue weighted by molar-refractivity contribution is 5.79. The fourth-order valence-corrected chi connectivity index (χ4v) is 2.13. The van der Waals surface area contributed by atoms with Gasteiger partial charge < -0.3 is 20.1 Å². The Kier molecular flexibility index (Phi) is 7.74. The highest BCUT2D eigenvalue weighted by Crippen LogP contribution is 2.28. The van der Waals surface area contributed by atoms with Crippen LogP contribution in [0.3, 0.4) is 0 Å². The molecule has 2 N–H and O–H groups in total. The van der Waals surface area contributed by atoms with Gasteiger partial charge in [-0.1, -0.05) is 18.2 Å². The molecule has 0 aliphatic heterocycles. The molecule has 0 heterocycles. The Hall–Kier alpha value is -1.89. The second-order valence-corrected chi connectivity index (χ2v) is 5.63. The van der Waals surface area contributed by atoms with Crippen molar-refractivity contribution in [3.05, 3.63) is 29.8 Å². The fraction of sp³-hybridized carbons (Fsp3) is 0.588. The summed E-state index contributed by atoms with van der Waals surface area (Å²) in [6.07, 6.45) is 2.55. The first-order chi connectivity index (χ1) is 11.7. The zero-order chi connectivity index (χ0) is 17.2. The van der Waals surface area contributed by atoms with Crippen LogP contribution in [0.5, 0.6) is 5.75 Å². The first-order valence-corrected chi connectivity index (χ1v) is 8.31. The van der Waals surface area contributed by atoms with Gasteiger partial charge in [0, 0.05) is 25.3 Å². The lowest BCUT2D eigenvalue weighted by Crippen LogP contribution is -2.39. The van der Waals surface area contributed by atoms with E-state index in [2.05, 4.69) is 20.4 Å². The van der Waals surface area contributed by atoms with Crippen LogP contribution in [-0.4, -0.2) is 38.9 Å². The molecule has 7 heteroatoms. The van der Waals surface area contributed by atoms with Crippen molar-refractivity contribution in [1.82, 2.24) is 10.6 Å². The average molecular weight is 341 g/mol. The third-order valence-electron chi connectivity index (χ3n) is 3.53. The predicted octanol–water partition coefficient (Wildman–Crippen LogP) is 2.77. The molecule has 0 atom stereocenters. The third kappa shape index (κ3) is 7.12. The number of halogens is 2. The average Bonchev–Trinajstić information content (AvgIpc) is 3.37. The van der Waals surface area contributed by atoms with E-state index in [-0.39, 0.29) is 12.3 Å². The second kappa shape index (κ2) is 10.1. The molecule has 0 unspecified atom stereocenters. The topological polar surface area (TPSA) is 54.9 Å². The normalized spacial score (nSPS) is 14.8. The monoisotopic (exact) mass is 341 g/mol. The van der Waals surface area contributed by atoms with Gasteiger partial charge in [-0.3, -0.25) is 0 Å². The molecule has 24 heavy (non-hydrogen) atoms.